The molecule has 1 aromatic rings. The minimum absolute atomic E-state index is 0.0207. The first-order valence-electron chi connectivity index (χ1n) is 9.52. The number of hydrogen-bond acceptors (Lipinski definition) is 5. The van der Waals surface area contributed by atoms with Gasteiger partial charge >= 0.3 is 0 Å². The number of likely N-dealkylation sites (N-methyl/N-ethyl adjacent to an activating group) is 1. The Bertz CT molecular complexity index is 724. The van der Waals surface area contributed by atoms with Crippen LogP contribution in [0.3, 0.4) is 0 Å². The molecule has 1 aliphatic heterocycles. The van der Waals surface area contributed by atoms with E-state index in [4.69, 9.17) is 0 Å². The topological polar surface area (TPSA) is 93.8 Å². The largest absolute Gasteiger partial charge is 0.369 e. The maximum absolute atomic E-state index is 12.0. The summed E-state index contributed by atoms with van der Waals surface area (Å²) in [7, 11) is -1.53. The van der Waals surface area contributed by atoms with Crippen molar-refractivity contribution in [1.29, 1.82) is 0 Å². The average Bonchev–Trinajstić information content (AvgIpc) is 3.14. The van der Waals surface area contributed by atoms with Crippen molar-refractivity contribution in [1.82, 2.24) is 14.3 Å². The molecule has 0 aromatic heterocycles. The zero-order chi connectivity index (χ0) is 19.3. The number of hydrogen-bond donors (Lipinski definition) is 3. The van der Waals surface area contributed by atoms with Gasteiger partial charge in [0.25, 0.3) is 10.2 Å². The predicted octanol–water partition coefficient (Wildman–Crippen LogP) is 0.744. The molecule has 8 nitrogen and oxygen atoms in total. The number of carbonyl (C=O) groups is 1. The molecule has 3 N–H and O–H groups in total. The highest BCUT2D eigenvalue weighted by Crippen LogP contribution is 2.19. The van der Waals surface area contributed by atoms with Crippen LogP contribution in [0.2, 0.25) is 0 Å². The lowest BCUT2D eigenvalue weighted by Gasteiger charge is -2.34. The number of carbonyl (C=O) groups excluding carboxylic acids is 1. The molecule has 0 atom stereocenters. The van der Waals surface area contributed by atoms with E-state index in [1.165, 1.54) is 0 Å². The fourth-order valence-corrected chi connectivity index (χ4v) is 4.57. The van der Waals surface area contributed by atoms with Crippen LogP contribution in [0.25, 0.3) is 0 Å². The predicted molar refractivity (Wildman–Crippen MR) is 107 cm³/mol. The summed E-state index contributed by atoms with van der Waals surface area (Å²) in [6.07, 6.45) is 3.79. The van der Waals surface area contributed by atoms with Crippen molar-refractivity contribution in [2.45, 2.75) is 31.7 Å². The molecule has 1 saturated carbocycles. The van der Waals surface area contributed by atoms with Gasteiger partial charge in [-0.2, -0.15) is 17.9 Å². The third-order valence-corrected chi connectivity index (χ3v) is 6.29. The van der Waals surface area contributed by atoms with Crippen LogP contribution in [0.5, 0.6) is 0 Å². The summed E-state index contributed by atoms with van der Waals surface area (Å²) in [5.41, 5.74) is 1.78. The molecule has 0 spiro atoms. The van der Waals surface area contributed by atoms with Gasteiger partial charge in [0.2, 0.25) is 5.91 Å². The summed E-state index contributed by atoms with van der Waals surface area (Å²) in [6, 6.07) is 7.63. The van der Waals surface area contributed by atoms with Gasteiger partial charge in [-0.3, -0.25) is 4.79 Å². The van der Waals surface area contributed by atoms with E-state index in [0.29, 0.717) is 5.69 Å². The molecule has 27 heavy (non-hydrogen) atoms. The van der Waals surface area contributed by atoms with E-state index in [2.05, 4.69) is 31.6 Å². The second kappa shape index (κ2) is 9.01. The number of nitrogens with zero attached hydrogens (tertiary/aromatic N) is 2. The molecule has 2 fully saturated rings. The number of nitrogens with one attached hydrogen (secondary N) is 3. The number of benzene rings is 1. The lowest BCUT2D eigenvalue weighted by molar-refractivity contribution is -0.115. The van der Waals surface area contributed by atoms with Crippen molar-refractivity contribution in [3.63, 3.8) is 0 Å². The Hall–Kier alpha value is -1.68. The van der Waals surface area contributed by atoms with Crippen LogP contribution in [0.1, 0.15) is 25.7 Å². The zero-order valence-electron chi connectivity index (χ0n) is 15.8. The van der Waals surface area contributed by atoms with Gasteiger partial charge in [-0.25, -0.2) is 0 Å². The molecule has 1 heterocycles. The molecule has 150 valence electrons. The number of rotatable bonds is 7. The quantitative estimate of drug-likeness (QED) is 0.633. The molecule has 1 amide bonds. The molecular formula is C18H29N5O3S. The fraction of sp³-hybridized carbons (Fsp3) is 0.611. The molecule has 9 heteroatoms. The molecule has 1 aromatic carbocycles. The van der Waals surface area contributed by atoms with Crippen LogP contribution >= 0.6 is 0 Å². The first kappa shape index (κ1) is 20.1. The maximum atomic E-state index is 12.0. The van der Waals surface area contributed by atoms with E-state index >= 15 is 0 Å². The highest BCUT2D eigenvalue weighted by atomic mass is 32.2. The van der Waals surface area contributed by atoms with Crippen molar-refractivity contribution in [2.24, 2.45) is 0 Å². The standard InChI is InChI=1S/C18H29N5O3S/c1-22-10-12-23(13-11-22)17-8-6-15(7-9-17)20-18(24)14-19-27(25,26)21-16-4-2-3-5-16/h6-9,16,19,21H,2-5,10-14H2,1H3,(H,20,24). The third-order valence-electron chi connectivity index (χ3n) is 5.12. The van der Waals surface area contributed by atoms with Gasteiger partial charge in [0, 0.05) is 43.6 Å². The Morgan fingerprint density at radius 1 is 1.07 bits per heavy atom. The van der Waals surface area contributed by atoms with Gasteiger partial charge in [0.15, 0.2) is 0 Å². The van der Waals surface area contributed by atoms with E-state index in [1.54, 1.807) is 0 Å². The molecule has 0 radical (unpaired) electrons. The summed E-state index contributed by atoms with van der Waals surface area (Å²) < 4.78 is 28.9. The molecule has 0 unspecified atom stereocenters. The Balaban J connectivity index is 1.45. The summed E-state index contributed by atoms with van der Waals surface area (Å²) in [5.74, 6) is -0.390. The van der Waals surface area contributed by atoms with Gasteiger partial charge in [-0.1, -0.05) is 12.8 Å². The van der Waals surface area contributed by atoms with E-state index in [-0.39, 0.29) is 18.5 Å². The summed E-state index contributed by atoms with van der Waals surface area (Å²) in [6.45, 7) is 3.75. The smallest absolute Gasteiger partial charge is 0.277 e. The van der Waals surface area contributed by atoms with E-state index in [0.717, 1.165) is 57.5 Å². The second-order valence-corrected chi connectivity index (χ2v) is 8.84. The number of anilines is 2. The maximum Gasteiger partial charge on any atom is 0.277 e. The normalized spacial score (nSPS) is 19.4. The average molecular weight is 396 g/mol. The lowest BCUT2D eigenvalue weighted by atomic mass is 10.2. The third kappa shape index (κ3) is 6.17. The first-order valence-corrected chi connectivity index (χ1v) is 11.0. The van der Waals surface area contributed by atoms with Crippen LogP contribution in [0, 0.1) is 0 Å². The Morgan fingerprint density at radius 2 is 1.70 bits per heavy atom. The van der Waals surface area contributed by atoms with Gasteiger partial charge in [0.05, 0.1) is 6.54 Å². The Kier molecular flexibility index (Phi) is 6.69. The highest BCUT2D eigenvalue weighted by Gasteiger charge is 2.21. The highest BCUT2D eigenvalue weighted by molar-refractivity contribution is 7.87. The number of piperazine rings is 1. The monoisotopic (exact) mass is 395 g/mol. The fourth-order valence-electron chi connectivity index (χ4n) is 3.49. The SMILES string of the molecule is CN1CCN(c2ccc(NC(=O)CNS(=O)(=O)NC3CCCC3)cc2)CC1. The number of amides is 1. The van der Waals surface area contributed by atoms with Crippen molar-refractivity contribution in [3.05, 3.63) is 24.3 Å². The Morgan fingerprint density at radius 3 is 2.33 bits per heavy atom. The van der Waals surface area contributed by atoms with Gasteiger partial charge < -0.3 is 15.1 Å². The molecule has 1 saturated heterocycles. The van der Waals surface area contributed by atoms with Crippen molar-refractivity contribution >= 4 is 27.5 Å². The molecule has 3 rings (SSSR count). The van der Waals surface area contributed by atoms with E-state index in [1.807, 2.05) is 24.3 Å². The minimum Gasteiger partial charge on any atom is -0.369 e. The van der Waals surface area contributed by atoms with Crippen LogP contribution in [-0.2, 0) is 15.0 Å². The van der Waals surface area contributed by atoms with Crippen LogP contribution < -0.4 is 19.7 Å². The van der Waals surface area contributed by atoms with Crippen LogP contribution in [0.4, 0.5) is 11.4 Å². The lowest BCUT2D eigenvalue weighted by Crippen LogP contribution is -2.44. The second-order valence-electron chi connectivity index (χ2n) is 7.31. The van der Waals surface area contributed by atoms with Gasteiger partial charge in [0.1, 0.15) is 0 Å². The summed E-state index contributed by atoms with van der Waals surface area (Å²) >= 11 is 0. The zero-order valence-corrected chi connectivity index (χ0v) is 16.6. The molecular weight excluding hydrogens is 366 g/mol. The summed E-state index contributed by atoms with van der Waals surface area (Å²) in [5, 5.41) is 2.72. The Labute approximate surface area is 161 Å². The van der Waals surface area contributed by atoms with Crippen LogP contribution in [0.15, 0.2) is 24.3 Å². The minimum atomic E-state index is -3.65. The van der Waals surface area contributed by atoms with Gasteiger partial charge in [-0.05, 0) is 44.2 Å². The van der Waals surface area contributed by atoms with Crippen LogP contribution in [-0.4, -0.2) is 65.0 Å². The van der Waals surface area contributed by atoms with Gasteiger partial charge in [-0.15, -0.1) is 0 Å². The van der Waals surface area contributed by atoms with Crippen molar-refractivity contribution < 1.29 is 13.2 Å². The molecule has 0 bridgehead atoms. The van der Waals surface area contributed by atoms with E-state index < -0.39 is 10.2 Å². The molecule has 2 aliphatic rings. The summed E-state index contributed by atoms with van der Waals surface area (Å²) in [4.78, 5) is 16.7. The molecule has 1 aliphatic carbocycles. The van der Waals surface area contributed by atoms with Crippen molar-refractivity contribution in [2.75, 3.05) is 50.0 Å². The first-order chi connectivity index (χ1) is 12.9. The van der Waals surface area contributed by atoms with Crippen molar-refractivity contribution in [3.8, 4) is 0 Å². The van der Waals surface area contributed by atoms with E-state index in [9.17, 15) is 13.2 Å².